The third-order valence-electron chi connectivity index (χ3n) is 3.88. The predicted molar refractivity (Wildman–Crippen MR) is 88.5 cm³/mol. The quantitative estimate of drug-likeness (QED) is 0.897. The first-order valence-electron chi connectivity index (χ1n) is 7.55. The highest BCUT2D eigenvalue weighted by Crippen LogP contribution is 2.24. The third-order valence-corrected chi connectivity index (χ3v) is 4.11. The summed E-state index contributed by atoms with van der Waals surface area (Å²) in [4.78, 5) is 27.1. The Labute approximate surface area is 143 Å². The van der Waals surface area contributed by atoms with Gasteiger partial charge in [-0.3, -0.25) is 14.5 Å². The molecule has 0 saturated carbocycles. The zero-order chi connectivity index (χ0) is 17.1. The summed E-state index contributed by atoms with van der Waals surface area (Å²) in [5, 5.41) is 4.45. The molecular weight excluding hydrogens is 332 g/mol. The minimum atomic E-state index is -0.363. The summed E-state index contributed by atoms with van der Waals surface area (Å²) in [6.07, 6.45) is 0. The lowest BCUT2D eigenvalue weighted by Gasteiger charge is -2.33. The van der Waals surface area contributed by atoms with Crippen molar-refractivity contribution in [2.75, 3.05) is 32.7 Å². The van der Waals surface area contributed by atoms with E-state index in [0.29, 0.717) is 37.0 Å². The molecule has 0 bridgehead atoms. The van der Waals surface area contributed by atoms with Crippen LogP contribution < -0.4 is 5.73 Å². The smallest absolute Gasteiger partial charge is 0.276 e. The Morgan fingerprint density at radius 2 is 1.96 bits per heavy atom. The minimum Gasteiger partial charge on any atom is -0.369 e. The van der Waals surface area contributed by atoms with Crippen molar-refractivity contribution < 1.29 is 14.1 Å². The Hall–Kier alpha value is -2.38. The number of primary amides is 1. The molecule has 0 atom stereocenters. The second-order valence-electron chi connectivity index (χ2n) is 5.62. The highest BCUT2D eigenvalue weighted by Gasteiger charge is 2.25. The van der Waals surface area contributed by atoms with Gasteiger partial charge in [0.05, 0.1) is 6.54 Å². The summed E-state index contributed by atoms with van der Waals surface area (Å²) >= 11 is 5.96. The van der Waals surface area contributed by atoms with Crippen molar-refractivity contribution in [2.24, 2.45) is 5.73 Å². The number of carbonyl (C=O) groups excluding carboxylic acids is 2. The Bertz CT molecular complexity index is 753. The first-order valence-corrected chi connectivity index (χ1v) is 7.93. The van der Waals surface area contributed by atoms with Crippen LogP contribution in [-0.2, 0) is 4.79 Å². The molecule has 1 aliphatic heterocycles. The van der Waals surface area contributed by atoms with Crippen LogP contribution in [0.25, 0.3) is 11.3 Å². The van der Waals surface area contributed by atoms with Gasteiger partial charge in [0.25, 0.3) is 5.91 Å². The Balaban J connectivity index is 1.65. The van der Waals surface area contributed by atoms with E-state index in [1.54, 1.807) is 29.2 Å². The molecule has 8 heteroatoms. The van der Waals surface area contributed by atoms with Crippen molar-refractivity contribution >= 4 is 23.4 Å². The second kappa shape index (κ2) is 7.02. The molecule has 2 N–H and O–H groups in total. The topological polar surface area (TPSA) is 92.7 Å². The van der Waals surface area contributed by atoms with Crippen LogP contribution in [0, 0.1) is 0 Å². The lowest BCUT2D eigenvalue weighted by Crippen LogP contribution is -2.50. The molecule has 1 fully saturated rings. The van der Waals surface area contributed by atoms with Gasteiger partial charge in [0.2, 0.25) is 5.91 Å². The molecule has 1 saturated heterocycles. The number of nitrogens with two attached hydrogens (primary N) is 1. The van der Waals surface area contributed by atoms with Crippen LogP contribution >= 0.6 is 11.6 Å². The second-order valence-corrected chi connectivity index (χ2v) is 6.06. The number of halogens is 1. The van der Waals surface area contributed by atoms with Gasteiger partial charge in [-0.05, 0) is 12.1 Å². The van der Waals surface area contributed by atoms with E-state index < -0.39 is 0 Å². The number of hydrogen-bond acceptors (Lipinski definition) is 5. The molecule has 1 aliphatic rings. The molecule has 0 spiro atoms. The van der Waals surface area contributed by atoms with Gasteiger partial charge in [0.1, 0.15) is 0 Å². The average molecular weight is 349 g/mol. The summed E-state index contributed by atoms with van der Waals surface area (Å²) in [6, 6.07) is 8.77. The van der Waals surface area contributed by atoms with Gasteiger partial charge in [0.15, 0.2) is 11.5 Å². The van der Waals surface area contributed by atoms with Crippen LogP contribution in [0.15, 0.2) is 34.9 Å². The van der Waals surface area contributed by atoms with Gasteiger partial charge in [-0.1, -0.05) is 28.9 Å². The zero-order valence-electron chi connectivity index (χ0n) is 12.9. The van der Waals surface area contributed by atoms with Gasteiger partial charge >= 0.3 is 0 Å². The fourth-order valence-electron chi connectivity index (χ4n) is 2.65. The van der Waals surface area contributed by atoms with Gasteiger partial charge in [-0.15, -0.1) is 0 Å². The van der Waals surface area contributed by atoms with Crippen LogP contribution in [0.2, 0.25) is 5.02 Å². The number of piperazine rings is 1. The summed E-state index contributed by atoms with van der Waals surface area (Å²) in [7, 11) is 0. The lowest BCUT2D eigenvalue weighted by molar-refractivity contribution is -0.119. The third kappa shape index (κ3) is 3.74. The average Bonchev–Trinajstić information content (AvgIpc) is 3.04. The summed E-state index contributed by atoms with van der Waals surface area (Å²) in [5.41, 5.74) is 6.21. The maximum atomic E-state index is 12.5. The van der Waals surface area contributed by atoms with Crippen molar-refractivity contribution in [1.82, 2.24) is 15.0 Å². The number of amides is 2. The highest BCUT2D eigenvalue weighted by atomic mass is 35.5. The Morgan fingerprint density at radius 3 is 2.62 bits per heavy atom. The van der Waals surface area contributed by atoms with E-state index in [9.17, 15) is 9.59 Å². The summed E-state index contributed by atoms with van der Waals surface area (Å²) < 4.78 is 5.26. The van der Waals surface area contributed by atoms with Gasteiger partial charge in [-0.2, -0.15) is 0 Å². The van der Waals surface area contributed by atoms with Gasteiger partial charge < -0.3 is 15.2 Å². The molecule has 3 rings (SSSR count). The first-order chi connectivity index (χ1) is 11.5. The van der Waals surface area contributed by atoms with Crippen LogP contribution in [0.5, 0.6) is 0 Å². The summed E-state index contributed by atoms with van der Waals surface area (Å²) in [6.45, 7) is 2.46. The molecule has 2 heterocycles. The van der Waals surface area contributed by atoms with E-state index in [4.69, 9.17) is 21.9 Å². The maximum Gasteiger partial charge on any atom is 0.276 e. The number of nitrogens with zero attached hydrogens (tertiary/aromatic N) is 3. The van der Waals surface area contributed by atoms with Crippen molar-refractivity contribution in [1.29, 1.82) is 0 Å². The SMILES string of the molecule is NC(=O)CN1CCN(C(=O)c2cc(-c3cccc(Cl)c3)on2)CC1. The molecule has 0 unspecified atom stereocenters. The van der Waals surface area contributed by atoms with Crippen LogP contribution in [0.3, 0.4) is 0 Å². The summed E-state index contributed by atoms with van der Waals surface area (Å²) in [5.74, 6) is -0.0589. The number of benzene rings is 1. The standard InChI is InChI=1S/C16H17ClN4O3/c17-12-3-1-2-11(8-12)14-9-13(19-24-14)16(23)21-6-4-20(5-7-21)10-15(18)22/h1-3,8-9H,4-7,10H2,(H2,18,22). The first kappa shape index (κ1) is 16.5. The Morgan fingerprint density at radius 1 is 1.21 bits per heavy atom. The molecule has 2 amide bonds. The van der Waals surface area contributed by atoms with E-state index in [0.717, 1.165) is 5.56 Å². The molecule has 2 aromatic rings. The minimum absolute atomic E-state index is 0.189. The van der Waals surface area contributed by atoms with E-state index in [1.807, 2.05) is 11.0 Å². The molecular formula is C16H17ClN4O3. The molecule has 7 nitrogen and oxygen atoms in total. The Kier molecular flexibility index (Phi) is 4.82. The molecule has 24 heavy (non-hydrogen) atoms. The normalized spacial score (nSPS) is 15.5. The van der Waals surface area contributed by atoms with Crippen LogP contribution in [0.4, 0.5) is 0 Å². The molecule has 0 radical (unpaired) electrons. The zero-order valence-corrected chi connectivity index (χ0v) is 13.7. The monoisotopic (exact) mass is 348 g/mol. The van der Waals surface area contributed by atoms with E-state index >= 15 is 0 Å². The van der Waals surface area contributed by atoms with E-state index in [2.05, 4.69) is 5.16 Å². The highest BCUT2D eigenvalue weighted by molar-refractivity contribution is 6.30. The van der Waals surface area contributed by atoms with Gasteiger partial charge in [0, 0.05) is 42.8 Å². The number of hydrogen-bond donors (Lipinski definition) is 1. The lowest BCUT2D eigenvalue weighted by atomic mass is 10.1. The maximum absolute atomic E-state index is 12.5. The fourth-order valence-corrected chi connectivity index (χ4v) is 2.84. The van der Waals surface area contributed by atoms with Crippen molar-refractivity contribution in [3.05, 3.63) is 41.0 Å². The molecule has 126 valence electrons. The van der Waals surface area contributed by atoms with E-state index in [-0.39, 0.29) is 24.1 Å². The number of carbonyl (C=O) groups is 2. The predicted octanol–water partition coefficient (Wildman–Crippen LogP) is 1.24. The van der Waals surface area contributed by atoms with Gasteiger partial charge in [-0.25, -0.2) is 0 Å². The van der Waals surface area contributed by atoms with Crippen molar-refractivity contribution in [3.63, 3.8) is 0 Å². The molecule has 0 aliphatic carbocycles. The largest absolute Gasteiger partial charge is 0.369 e. The number of rotatable bonds is 4. The fraction of sp³-hybridized carbons (Fsp3) is 0.312. The van der Waals surface area contributed by atoms with Crippen LogP contribution in [-0.4, -0.2) is 59.5 Å². The van der Waals surface area contributed by atoms with Crippen molar-refractivity contribution in [2.45, 2.75) is 0 Å². The molecule has 1 aromatic heterocycles. The molecule has 1 aromatic carbocycles. The van der Waals surface area contributed by atoms with Crippen molar-refractivity contribution in [3.8, 4) is 11.3 Å². The van der Waals surface area contributed by atoms with Crippen LogP contribution in [0.1, 0.15) is 10.5 Å². The van der Waals surface area contributed by atoms with E-state index in [1.165, 1.54) is 0 Å². The number of aromatic nitrogens is 1.